The molecule has 3 amide bonds. The molecule has 0 radical (unpaired) electrons. The standard InChI is InChI=1S/C10H19N3O4S/c1-12(4-3-5-18-2)10(17)13(6-8(11)14)7-9(15)16/h3-7H2,1-2H3,(H2,11,14)(H,15,16). The second kappa shape index (κ2) is 8.62. The van der Waals surface area contributed by atoms with Crippen molar-refractivity contribution in [2.24, 2.45) is 5.73 Å². The minimum Gasteiger partial charge on any atom is -0.480 e. The third kappa shape index (κ3) is 7.00. The van der Waals surface area contributed by atoms with Crippen LogP contribution in [0.4, 0.5) is 4.79 Å². The molecule has 0 fully saturated rings. The van der Waals surface area contributed by atoms with Gasteiger partial charge in [-0.3, -0.25) is 9.59 Å². The molecule has 0 saturated heterocycles. The number of urea groups is 1. The van der Waals surface area contributed by atoms with E-state index in [0.717, 1.165) is 17.1 Å². The minimum absolute atomic E-state index is 0.391. The summed E-state index contributed by atoms with van der Waals surface area (Å²) in [4.78, 5) is 35.6. The van der Waals surface area contributed by atoms with Gasteiger partial charge in [-0.1, -0.05) is 0 Å². The fraction of sp³-hybridized carbons (Fsp3) is 0.700. The van der Waals surface area contributed by atoms with E-state index >= 15 is 0 Å². The number of carbonyl (C=O) groups is 3. The highest BCUT2D eigenvalue weighted by Gasteiger charge is 2.21. The van der Waals surface area contributed by atoms with E-state index in [9.17, 15) is 14.4 Å². The fourth-order valence-corrected chi connectivity index (χ4v) is 1.74. The Balaban J connectivity index is 4.42. The summed E-state index contributed by atoms with van der Waals surface area (Å²) < 4.78 is 0. The Hall–Kier alpha value is -1.44. The molecular weight excluding hydrogens is 258 g/mol. The molecule has 0 heterocycles. The lowest BCUT2D eigenvalue weighted by Gasteiger charge is -2.25. The van der Waals surface area contributed by atoms with Crippen molar-refractivity contribution < 1.29 is 19.5 Å². The van der Waals surface area contributed by atoms with E-state index in [0.29, 0.717) is 6.54 Å². The molecule has 0 unspecified atom stereocenters. The van der Waals surface area contributed by atoms with Crippen molar-refractivity contribution >= 4 is 29.7 Å². The first-order valence-corrected chi connectivity index (χ1v) is 6.77. The average Bonchev–Trinajstić information content (AvgIpc) is 2.26. The number of hydrogen-bond donors (Lipinski definition) is 2. The Morgan fingerprint density at radius 3 is 2.33 bits per heavy atom. The first-order chi connectivity index (χ1) is 8.38. The Morgan fingerprint density at radius 1 is 1.28 bits per heavy atom. The first-order valence-electron chi connectivity index (χ1n) is 5.37. The minimum atomic E-state index is -1.18. The van der Waals surface area contributed by atoms with Crippen LogP contribution in [0.5, 0.6) is 0 Å². The molecule has 104 valence electrons. The number of nitrogens with two attached hydrogens (primary N) is 1. The third-order valence-electron chi connectivity index (χ3n) is 2.11. The molecule has 0 rings (SSSR count). The number of rotatable bonds is 8. The fourth-order valence-electron chi connectivity index (χ4n) is 1.33. The summed E-state index contributed by atoms with van der Waals surface area (Å²) in [5.74, 6) is -1.00. The van der Waals surface area contributed by atoms with Crippen molar-refractivity contribution in [2.45, 2.75) is 6.42 Å². The number of amides is 3. The number of aliphatic carboxylic acids is 1. The van der Waals surface area contributed by atoms with Crippen LogP contribution in [-0.4, -0.2) is 71.5 Å². The first kappa shape index (κ1) is 16.6. The molecular formula is C10H19N3O4S. The van der Waals surface area contributed by atoms with Crippen LogP contribution >= 0.6 is 11.8 Å². The maximum absolute atomic E-state index is 11.9. The van der Waals surface area contributed by atoms with Gasteiger partial charge in [-0.2, -0.15) is 11.8 Å². The molecule has 0 atom stereocenters. The number of nitrogens with zero attached hydrogens (tertiary/aromatic N) is 2. The van der Waals surface area contributed by atoms with Crippen LogP contribution in [-0.2, 0) is 9.59 Å². The predicted molar refractivity (Wildman–Crippen MR) is 69.4 cm³/mol. The molecule has 0 bridgehead atoms. The molecule has 0 saturated carbocycles. The van der Waals surface area contributed by atoms with Gasteiger partial charge in [-0.25, -0.2) is 4.79 Å². The Morgan fingerprint density at radius 2 is 1.89 bits per heavy atom. The van der Waals surface area contributed by atoms with E-state index in [2.05, 4.69) is 0 Å². The molecule has 7 nitrogen and oxygen atoms in total. The number of carboxylic acid groups (broad SMARTS) is 1. The lowest BCUT2D eigenvalue weighted by molar-refractivity contribution is -0.138. The SMILES string of the molecule is CSCCCN(C)C(=O)N(CC(N)=O)CC(=O)O. The quantitative estimate of drug-likeness (QED) is 0.591. The summed E-state index contributed by atoms with van der Waals surface area (Å²) in [7, 11) is 1.57. The van der Waals surface area contributed by atoms with Gasteiger partial charge >= 0.3 is 12.0 Å². The van der Waals surface area contributed by atoms with Gasteiger partial charge in [0.25, 0.3) is 0 Å². The van der Waals surface area contributed by atoms with Gasteiger partial charge in [0.15, 0.2) is 0 Å². The Labute approximate surface area is 110 Å². The van der Waals surface area contributed by atoms with Gasteiger partial charge in [-0.15, -0.1) is 0 Å². The summed E-state index contributed by atoms with van der Waals surface area (Å²) in [5.41, 5.74) is 4.98. The topological polar surface area (TPSA) is 104 Å². The predicted octanol–water partition coefficient (Wildman–Crippen LogP) is -0.337. The second-order valence-electron chi connectivity index (χ2n) is 3.77. The van der Waals surface area contributed by atoms with Crippen LogP contribution in [0.15, 0.2) is 0 Å². The molecule has 0 spiro atoms. The van der Waals surface area contributed by atoms with Crippen LogP contribution < -0.4 is 5.73 Å². The molecule has 0 aromatic rings. The Bertz CT molecular complexity index is 295. The number of hydrogen-bond acceptors (Lipinski definition) is 4. The lowest BCUT2D eigenvalue weighted by atomic mass is 10.4. The van der Waals surface area contributed by atoms with Gasteiger partial charge < -0.3 is 20.6 Å². The van der Waals surface area contributed by atoms with Crippen molar-refractivity contribution in [1.82, 2.24) is 9.80 Å². The lowest BCUT2D eigenvalue weighted by Crippen LogP contribution is -2.47. The largest absolute Gasteiger partial charge is 0.480 e. The molecule has 18 heavy (non-hydrogen) atoms. The van der Waals surface area contributed by atoms with E-state index < -0.39 is 31.0 Å². The van der Waals surface area contributed by atoms with Crippen molar-refractivity contribution in [2.75, 3.05) is 38.7 Å². The molecule has 0 aromatic carbocycles. The second-order valence-corrected chi connectivity index (χ2v) is 4.75. The van der Waals surface area contributed by atoms with Crippen molar-refractivity contribution in [3.05, 3.63) is 0 Å². The van der Waals surface area contributed by atoms with Crippen LogP contribution in [0, 0.1) is 0 Å². The monoisotopic (exact) mass is 277 g/mol. The summed E-state index contributed by atoms with van der Waals surface area (Å²) in [6.07, 6.45) is 2.77. The van der Waals surface area contributed by atoms with E-state index in [1.54, 1.807) is 18.8 Å². The molecule has 8 heteroatoms. The zero-order valence-electron chi connectivity index (χ0n) is 10.6. The van der Waals surface area contributed by atoms with Crippen molar-refractivity contribution in [3.8, 4) is 0 Å². The zero-order valence-corrected chi connectivity index (χ0v) is 11.4. The number of primary amides is 1. The van der Waals surface area contributed by atoms with Crippen LogP contribution in [0.3, 0.4) is 0 Å². The highest BCUT2D eigenvalue weighted by atomic mass is 32.2. The average molecular weight is 277 g/mol. The normalized spacial score (nSPS) is 9.89. The highest BCUT2D eigenvalue weighted by Crippen LogP contribution is 2.01. The summed E-state index contributed by atoms with van der Waals surface area (Å²) in [6.45, 7) is -0.415. The van der Waals surface area contributed by atoms with Gasteiger partial charge in [0.05, 0.1) is 0 Å². The molecule has 3 N–H and O–H groups in total. The third-order valence-corrected chi connectivity index (χ3v) is 2.81. The van der Waals surface area contributed by atoms with E-state index in [-0.39, 0.29) is 0 Å². The number of thioether (sulfide) groups is 1. The zero-order chi connectivity index (χ0) is 14.1. The smallest absolute Gasteiger partial charge is 0.323 e. The number of carbonyl (C=O) groups excluding carboxylic acids is 2. The van der Waals surface area contributed by atoms with E-state index in [4.69, 9.17) is 10.8 Å². The van der Waals surface area contributed by atoms with Crippen LogP contribution in [0.2, 0.25) is 0 Å². The van der Waals surface area contributed by atoms with Crippen LogP contribution in [0.25, 0.3) is 0 Å². The highest BCUT2D eigenvalue weighted by molar-refractivity contribution is 7.98. The van der Waals surface area contributed by atoms with E-state index in [1.165, 1.54) is 4.90 Å². The van der Waals surface area contributed by atoms with Crippen molar-refractivity contribution in [3.63, 3.8) is 0 Å². The molecule has 0 aliphatic heterocycles. The summed E-state index contributed by atoms with van der Waals surface area (Å²) in [5, 5.41) is 8.67. The molecule has 0 aliphatic rings. The summed E-state index contributed by atoms with van der Waals surface area (Å²) >= 11 is 1.67. The molecule has 0 aliphatic carbocycles. The molecule has 0 aromatic heterocycles. The van der Waals surface area contributed by atoms with E-state index in [1.807, 2.05) is 6.26 Å². The van der Waals surface area contributed by atoms with Gasteiger partial charge in [0.2, 0.25) is 5.91 Å². The Kier molecular flexibility index (Phi) is 7.93. The maximum Gasteiger partial charge on any atom is 0.323 e. The van der Waals surface area contributed by atoms with Gasteiger partial charge in [0, 0.05) is 13.6 Å². The summed E-state index contributed by atoms with van der Waals surface area (Å²) in [6, 6.07) is -0.502. The van der Waals surface area contributed by atoms with Gasteiger partial charge in [-0.05, 0) is 18.4 Å². The maximum atomic E-state index is 11.9. The number of carboxylic acids is 1. The van der Waals surface area contributed by atoms with Crippen molar-refractivity contribution in [1.29, 1.82) is 0 Å². The van der Waals surface area contributed by atoms with Crippen LogP contribution in [0.1, 0.15) is 6.42 Å². The van der Waals surface area contributed by atoms with Gasteiger partial charge in [0.1, 0.15) is 13.1 Å².